The van der Waals surface area contributed by atoms with Gasteiger partial charge in [-0.2, -0.15) is 0 Å². The van der Waals surface area contributed by atoms with Crippen molar-refractivity contribution in [1.82, 2.24) is 10.3 Å². The van der Waals surface area contributed by atoms with Gasteiger partial charge in [-0.05, 0) is 26.3 Å². The van der Waals surface area contributed by atoms with E-state index in [4.69, 9.17) is 9.47 Å². The molecule has 1 aromatic rings. The minimum atomic E-state index is 0.122. The summed E-state index contributed by atoms with van der Waals surface area (Å²) < 4.78 is 11.2. The lowest BCUT2D eigenvalue weighted by molar-refractivity contribution is 0.0237. The van der Waals surface area contributed by atoms with Crippen LogP contribution in [-0.2, 0) is 11.3 Å². The highest BCUT2D eigenvalue weighted by molar-refractivity contribution is 5.18. The molecule has 1 aliphatic rings. The number of nitrogens with zero attached hydrogens (tertiary/aromatic N) is 1. The maximum atomic E-state index is 5.84. The Balaban J connectivity index is 1.83. The van der Waals surface area contributed by atoms with Gasteiger partial charge in [-0.15, -0.1) is 0 Å². The molecule has 19 heavy (non-hydrogen) atoms. The Labute approximate surface area is 115 Å². The molecule has 0 aliphatic carbocycles. The predicted octanol–water partition coefficient (Wildman–Crippen LogP) is 2.53. The summed E-state index contributed by atoms with van der Waals surface area (Å²) in [5.74, 6) is 0.714. The molecule has 1 aliphatic heterocycles. The van der Waals surface area contributed by atoms with Crippen LogP contribution in [0.25, 0.3) is 0 Å². The molecule has 0 atom stereocenters. The maximum Gasteiger partial charge on any atom is 0.213 e. The second-order valence-electron chi connectivity index (χ2n) is 6.04. The third kappa shape index (κ3) is 5.17. The number of ether oxygens (including phenoxy) is 2. The summed E-state index contributed by atoms with van der Waals surface area (Å²) in [6, 6.07) is 4.02. The molecule has 1 N–H and O–H groups in total. The number of hydrogen-bond donors (Lipinski definition) is 1. The van der Waals surface area contributed by atoms with Gasteiger partial charge in [-0.3, -0.25) is 0 Å². The second kappa shape index (κ2) is 6.35. The van der Waals surface area contributed by atoms with E-state index in [1.807, 2.05) is 12.3 Å². The fourth-order valence-corrected chi connectivity index (χ4v) is 1.92. The SMILES string of the molecule is CC(C)(C)NCc1ccc(OC2CCOCC2)nc1. The van der Waals surface area contributed by atoms with Crippen LogP contribution < -0.4 is 10.1 Å². The van der Waals surface area contributed by atoms with E-state index in [9.17, 15) is 0 Å². The van der Waals surface area contributed by atoms with E-state index >= 15 is 0 Å². The molecule has 2 heterocycles. The van der Waals surface area contributed by atoms with Crippen LogP contribution in [0.4, 0.5) is 0 Å². The van der Waals surface area contributed by atoms with Gasteiger partial charge in [-0.1, -0.05) is 6.07 Å². The van der Waals surface area contributed by atoms with Crippen LogP contribution in [0.2, 0.25) is 0 Å². The lowest BCUT2D eigenvalue weighted by atomic mass is 10.1. The normalized spacial score (nSPS) is 17.4. The van der Waals surface area contributed by atoms with Gasteiger partial charge in [0, 0.05) is 37.2 Å². The number of hydrogen-bond acceptors (Lipinski definition) is 4. The third-order valence-electron chi connectivity index (χ3n) is 3.08. The molecule has 0 unspecified atom stereocenters. The van der Waals surface area contributed by atoms with Crippen LogP contribution in [0.3, 0.4) is 0 Å². The average molecular weight is 264 g/mol. The molecule has 0 saturated carbocycles. The van der Waals surface area contributed by atoms with Crippen molar-refractivity contribution in [3.05, 3.63) is 23.9 Å². The first-order valence-corrected chi connectivity index (χ1v) is 6.97. The number of aromatic nitrogens is 1. The van der Waals surface area contributed by atoms with Crippen LogP contribution in [0.1, 0.15) is 39.2 Å². The predicted molar refractivity (Wildman–Crippen MR) is 75.3 cm³/mol. The van der Waals surface area contributed by atoms with Crippen molar-refractivity contribution in [2.24, 2.45) is 0 Å². The van der Waals surface area contributed by atoms with Crippen molar-refractivity contribution in [2.45, 2.75) is 51.8 Å². The fourth-order valence-electron chi connectivity index (χ4n) is 1.92. The Hall–Kier alpha value is -1.13. The Morgan fingerprint density at radius 2 is 2.05 bits per heavy atom. The first-order chi connectivity index (χ1) is 9.03. The van der Waals surface area contributed by atoms with E-state index in [1.54, 1.807) is 0 Å². The van der Waals surface area contributed by atoms with Gasteiger partial charge in [0.05, 0.1) is 13.2 Å². The van der Waals surface area contributed by atoms with E-state index in [-0.39, 0.29) is 11.6 Å². The van der Waals surface area contributed by atoms with Gasteiger partial charge in [-0.25, -0.2) is 4.98 Å². The summed E-state index contributed by atoms with van der Waals surface area (Å²) in [7, 11) is 0. The van der Waals surface area contributed by atoms with Crippen LogP contribution in [0.15, 0.2) is 18.3 Å². The van der Waals surface area contributed by atoms with Crippen molar-refractivity contribution in [2.75, 3.05) is 13.2 Å². The van der Waals surface area contributed by atoms with Crippen molar-refractivity contribution in [3.63, 3.8) is 0 Å². The van der Waals surface area contributed by atoms with Crippen LogP contribution in [0, 0.1) is 0 Å². The Morgan fingerprint density at radius 1 is 1.32 bits per heavy atom. The summed E-state index contributed by atoms with van der Waals surface area (Å²) in [5, 5.41) is 3.44. The summed E-state index contributed by atoms with van der Waals surface area (Å²) in [5.41, 5.74) is 1.30. The van der Waals surface area contributed by atoms with Crippen LogP contribution in [-0.4, -0.2) is 29.8 Å². The zero-order valence-electron chi connectivity index (χ0n) is 12.1. The Kier molecular flexibility index (Phi) is 4.77. The first kappa shape index (κ1) is 14.3. The standard InChI is InChI=1S/C15H24N2O2/c1-15(2,3)17-11-12-4-5-14(16-10-12)19-13-6-8-18-9-7-13/h4-5,10,13,17H,6-9,11H2,1-3H3. The maximum absolute atomic E-state index is 5.84. The van der Waals surface area contributed by atoms with Gasteiger partial charge in [0.1, 0.15) is 6.10 Å². The molecule has 2 rings (SSSR count). The highest BCUT2D eigenvalue weighted by Gasteiger charge is 2.15. The molecule has 1 fully saturated rings. The Morgan fingerprint density at radius 3 is 2.63 bits per heavy atom. The molecule has 4 heteroatoms. The van der Waals surface area contributed by atoms with Gasteiger partial charge in [0.2, 0.25) is 5.88 Å². The van der Waals surface area contributed by atoms with Gasteiger partial charge < -0.3 is 14.8 Å². The van der Waals surface area contributed by atoms with Gasteiger partial charge >= 0.3 is 0 Å². The van der Waals surface area contributed by atoms with Crippen molar-refractivity contribution in [3.8, 4) is 5.88 Å². The van der Waals surface area contributed by atoms with E-state index < -0.39 is 0 Å². The van der Waals surface area contributed by atoms with E-state index in [1.165, 1.54) is 5.56 Å². The average Bonchev–Trinajstić information content (AvgIpc) is 2.38. The lowest BCUT2D eigenvalue weighted by Gasteiger charge is -2.23. The molecule has 0 spiro atoms. The van der Waals surface area contributed by atoms with Gasteiger partial charge in [0.15, 0.2) is 0 Å². The summed E-state index contributed by atoms with van der Waals surface area (Å²) in [4.78, 5) is 4.37. The first-order valence-electron chi connectivity index (χ1n) is 6.97. The third-order valence-corrected chi connectivity index (χ3v) is 3.08. The molecular weight excluding hydrogens is 240 g/mol. The molecule has 1 saturated heterocycles. The number of nitrogens with one attached hydrogen (secondary N) is 1. The van der Waals surface area contributed by atoms with Gasteiger partial charge in [0.25, 0.3) is 0 Å². The van der Waals surface area contributed by atoms with Crippen LogP contribution >= 0.6 is 0 Å². The smallest absolute Gasteiger partial charge is 0.213 e. The van der Waals surface area contributed by atoms with Crippen molar-refractivity contribution in [1.29, 1.82) is 0 Å². The minimum Gasteiger partial charge on any atom is -0.474 e. The van der Waals surface area contributed by atoms with Crippen molar-refractivity contribution >= 4 is 0 Å². The molecule has 106 valence electrons. The molecule has 4 nitrogen and oxygen atoms in total. The topological polar surface area (TPSA) is 43.4 Å². The lowest BCUT2D eigenvalue weighted by Crippen LogP contribution is -2.35. The number of rotatable bonds is 4. The zero-order chi connectivity index (χ0) is 13.7. The van der Waals surface area contributed by atoms with E-state index in [0.29, 0.717) is 5.88 Å². The summed E-state index contributed by atoms with van der Waals surface area (Å²) in [6.45, 7) is 8.87. The van der Waals surface area contributed by atoms with Crippen LogP contribution in [0.5, 0.6) is 5.88 Å². The fraction of sp³-hybridized carbons (Fsp3) is 0.667. The quantitative estimate of drug-likeness (QED) is 0.907. The second-order valence-corrected chi connectivity index (χ2v) is 6.04. The summed E-state index contributed by atoms with van der Waals surface area (Å²) in [6.07, 6.45) is 4.04. The molecule has 0 aromatic carbocycles. The van der Waals surface area contributed by atoms with E-state index in [0.717, 1.165) is 32.6 Å². The largest absolute Gasteiger partial charge is 0.474 e. The molecule has 0 bridgehead atoms. The molecule has 1 aromatic heterocycles. The zero-order valence-corrected chi connectivity index (χ0v) is 12.1. The monoisotopic (exact) mass is 264 g/mol. The highest BCUT2D eigenvalue weighted by atomic mass is 16.5. The molecule has 0 amide bonds. The summed E-state index contributed by atoms with van der Waals surface area (Å²) >= 11 is 0. The minimum absolute atomic E-state index is 0.122. The van der Waals surface area contributed by atoms with Crippen molar-refractivity contribution < 1.29 is 9.47 Å². The Bertz CT molecular complexity index is 378. The molecule has 0 radical (unpaired) electrons. The molecular formula is C15H24N2O2. The number of pyridine rings is 1. The van der Waals surface area contributed by atoms with E-state index in [2.05, 4.69) is 37.1 Å². The highest BCUT2D eigenvalue weighted by Crippen LogP contribution is 2.16.